The average Bonchev–Trinajstić information content (AvgIpc) is 2.72. The van der Waals surface area contributed by atoms with Crippen LogP contribution in [0.15, 0.2) is 48.5 Å². The number of rotatable bonds is 4. The molecule has 1 N–H and O–H groups in total. The number of nitrogens with one attached hydrogen (secondary N) is 1. The topological polar surface area (TPSA) is 62.3 Å². The Morgan fingerprint density at radius 3 is 2.79 bits per heavy atom. The molecule has 5 nitrogen and oxygen atoms in total. The maximum atomic E-state index is 12.9. The zero-order valence-electron chi connectivity index (χ0n) is 16.9. The molecule has 3 aromatic rings. The van der Waals surface area contributed by atoms with Gasteiger partial charge in [-0.2, -0.15) is 0 Å². The minimum absolute atomic E-state index is 0.120. The summed E-state index contributed by atoms with van der Waals surface area (Å²) in [7, 11) is 0. The molecule has 148 valence electrons. The van der Waals surface area contributed by atoms with Crippen LogP contribution in [0.2, 0.25) is 0 Å². The van der Waals surface area contributed by atoms with Crippen molar-refractivity contribution in [1.29, 1.82) is 0 Å². The highest BCUT2D eigenvalue weighted by molar-refractivity contribution is 6.06. The monoisotopic (exact) mass is 387 g/mol. The molecule has 2 aromatic carbocycles. The summed E-state index contributed by atoms with van der Waals surface area (Å²) in [5.41, 5.74) is 5.25. The highest BCUT2D eigenvalue weighted by atomic mass is 16.2. The summed E-state index contributed by atoms with van der Waals surface area (Å²) >= 11 is 0. The van der Waals surface area contributed by atoms with Gasteiger partial charge in [0.15, 0.2) is 0 Å². The van der Waals surface area contributed by atoms with Crippen LogP contribution in [0.25, 0.3) is 10.9 Å². The van der Waals surface area contributed by atoms with E-state index in [1.54, 1.807) is 0 Å². The first kappa shape index (κ1) is 19.1. The van der Waals surface area contributed by atoms with Gasteiger partial charge in [-0.3, -0.25) is 14.6 Å². The van der Waals surface area contributed by atoms with Crippen molar-refractivity contribution in [2.75, 3.05) is 11.4 Å². The maximum absolute atomic E-state index is 12.9. The van der Waals surface area contributed by atoms with E-state index in [9.17, 15) is 9.59 Å². The summed E-state index contributed by atoms with van der Waals surface area (Å²) in [4.78, 5) is 31.5. The minimum atomic E-state index is -0.120. The van der Waals surface area contributed by atoms with E-state index in [0.717, 1.165) is 52.8 Å². The quantitative estimate of drug-likeness (QED) is 0.726. The summed E-state index contributed by atoms with van der Waals surface area (Å²) in [6, 6.07) is 15.6. The van der Waals surface area contributed by atoms with Gasteiger partial charge in [-0.25, -0.2) is 0 Å². The Bertz CT molecular complexity index is 1090. The SMILES string of the molecule is Cc1ccc2nc(C)cc(C(=O)NCc3cccc(N4CCCCC4=O)c3)c2c1. The Hall–Kier alpha value is -3.21. The van der Waals surface area contributed by atoms with Crippen LogP contribution in [0.5, 0.6) is 0 Å². The van der Waals surface area contributed by atoms with Crippen molar-refractivity contribution in [2.24, 2.45) is 0 Å². The molecule has 2 amide bonds. The van der Waals surface area contributed by atoms with Gasteiger partial charge in [0.05, 0.1) is 11.1 Å². The number of benzene rings is 2. The maximum Gasteiger partial charge on any atom is 0.252 e. The van der Waals surface area contributed by atoms with Crippen LogP contribution >= 0.6 is 0 Å². The van der Waals surface area contributed by atoms with E-state index < -0.39 is 0 Å². The first-order valence-corrected chi connectivity index (χ1v) is 10.1. The second-order valence-electron chi connectivity index (χ2n) is 7.69. The molecule has 1 saturated heterocycles. The zero-order valence-corrected chi connectivity index (χ0v) is 16.9. The third-order valence-corrected chi connectivity index (χ3v) is 5.34. The predicted molar refractivity (Wildman–Crippen MR) is 115 cm³/mol. The molecule has 0 spiro atoms. The van der Waals surface area contributed by atoms with E-state index in [0.29, 0.717) is 18.5 Å². The van der Waals surface area contributed by atoms with E-state index in [2.05, 4.69) is 10.3 Å². The Balaban J connectivity index is 1.53. The van der Waals surface area contributed by atoms with Gasteiger partial charge in [0.1, 0.15) is 0 Å². The second-order valence-corrected chi connectivity index (χ2v) is 7.69. The first-order valence-electron chi connectivity index (χ1n) is 10.1. The van der Waals surface area contributed by atoms with E-state index in [4.69, 9.17) is 0 Å². The molecule has 0 bridgehead atoms. The number of nitrogens with zero attached hydrogens (tertiary/aromatic N) is 2. The lowest BCUT2D eigenvalue weighted by Gasteiger charge is -2.27. The molecule has 1 aliphatic heterocycles. The predicted octanol–water partition coefficient (Wildman–Crippen LogP) is 4.30. The summed E-state index contributed by atoms with van der Waals surface area (Å²) < 4.78 is 0. The molecule has 0 radical (unpaired) electrons. The largest absolute Gasteiger partial charge is 0.348 e. The van der Waals surface area contributed by atoms with Gasteiger partial charge in [-0.15, -0.1) is 0 Å². The average molecular weight is 387 g/mol. The highest BCUT2D eigenvalue weighted by Crippen LogP contribution is 2.23. The Labute approximate surface area is 170 Å². The fourth-order valence-corrected chi connectivity index (χ4v) is 3.85. The van der Waals surface area contributed by atoms with Crippen LogP contribution < -0.4 is 10.2 Å². The van der Waals surface area contributed by atoms with Crippen LogP contribution in [0.3, 0.4) is 0 Å². The molecule has 29 heavy (non-hydrogen) atoms. The van der Waals surface area contributed by atoms with Crippen molar-refractivity contribution in [3.63, 3.8) is 0 Å². The van der Waals surface area contributed by atoms with Gasteiger partial charge in [0, 0.05) is 36.3 Å². The van der Waals surface area contributed by atoms with Crippen LogP contribution in [0.4, 0.5) is 5.69 Å². The lowest BCUT2D eigenvalue weighted by molar-refractivity contribution is -0.119. The van der Waals surface area contributed by atoms with E-state index in [-0.39, 0.29) is 11.8 Å². The van der Waals surface area contributed by atoms with Gasteiger partial charge < -0.3 is 10.2 Å². The number of fused-ring (bicyclic) bond motifs is 1. The molecular formula is C24H25N3O2. The first-order chi connectivity index (χ1) is 14.0. The number of hydrogen-bond acceptors (Lipinski definition) is 3. The summed E-state index contributed by atoms with van der Waals surface area (Å²) in [6.45, 7) is 5.07. The molecule has 0 atom stereocenters. The molecule has 0 saturated carbocycles. The Kier molecular flexibility index (Phi) is 5.30. The van der Waals surface area contributed by atoms with Crippen LogP contribution in [-0.4, -0.2) is 23.3 Å². The minimum Gasteiger partial charge on any atom is -0.348 e. The molecule has 4 rings (SSSR count). The van der Waals surface area contributed by atoms with Crippen molar-refractivity contribution in [3.8, 4) is 0 Å². The highest BCUT2D eigenvalue weighted by Gasteiger charge is 2.19. The van der Waals surface area contributed by atoms with E-state index in [1.165, 1.54) is 0 Å². The molecule has 0 aliphatic carbocycles. The van der Waals surface area contributed by atoms with Crippen LogP contribution in [-0.2, 0) is 11.3 Å². The summed E-state index contributed by atoms with van der Waals surface area (Å²) in [5, 5.41) is 3.89. The Morgan fingerprint density at radius 1 is 1.10 bits per heavy atom. The molecule has 2 heterocycles. The van der Waals surface area contributed by atoms with Crippen molar-refractivity contribution >= 4 is 28.4 Å². The lowest BCUT2D eigenvalue weighted by atomic mass is 10.0. The smallest absolute Gasteiger partial charge is 0.252 e. The second kappa shape index (κ2) is 8.03. The number of piperidine rings is 1. The van der Waals surface area contributed by atoms with Gasteiger partial charge in [0.2, 0.25) is 5.91 Å². The van der Waals surface area contributed by atoms with Crippen molar-refractivity contribution in [1.82, 2.24) is 10.3 Å². The van der Waals surface area contributed by atoms with E-state index in [1.807, 2.05) is 67.3 Å². The standard InChI is InChI=1S/C24H25N3O2/c1-16-9-10-22-20(12-16)21(13-17(2)26-22)24(29)25-15-18-6-5-7-19(14-18)27-11-4-3-8-23(27)28/h5-7,9-10,12-14H,3-4,8,11,15H2,1-2H3,(H,25,29). The number of anilines is 1. The molecule has 1 aromatic heterocycles. The van der Waals surface area contributed by atoms with Crippen molar-refractivity contribution in [3.05, 3.63) is 70.9 Å². The third-order valence-electron chi connectivity index (χ3n) is 5.34. The molecule has 0 unspecified atom stereocenters. The lowest BCUT2D eigenvalue weighted by Crippen LogP contribution is -2.35. The number of amides is 2. The van der Waals surface area contributed by atoms with Gasteiger partial charge in [-0.1, -0.05) is 23.8 Å². The fourth-order valence-electron chi connectivity index (χ4n) is 3.85. The third kappa shape index (κ3) is 4.14. The van der Waals surface area contributed by atoms with E-state index >= 15 is 0 Å². The number of hydrogen-bond donors (Lipinski definition) is 1. The van der Waals surface area contributed by atoms with Crippen LogP contribution in [0, 0.1) is 13.8 Å². The number of aromatic nitrogens is 1. The van der Waals surface area contributed by atoms with Gasteiger partial charge in [0.25, 0.3) is 5.91 Å². The molecule has 5 heteroatoms. The molecule has 1 fully saturated rings. The van der Waals surface area contributed by atoms with Gasteiger partial charge in [-0.05, 0) is 62.6 Å². The number of pyridine rings is 1. The van der Waals surface area contributed by atoms with Crippen LogP contribution in [0.1, 0.15) is 46.4 Å². The molecular weight excluding hydrogens is 362 g/mol. The number of carbonyl (C=O) groups is 2. The Morgan fingerprint density at radius 2 is 1.97 bits per heavy atom. The van der Waals surface area contributed by atoms with Gasteiger partial charge >= 0.3 is 0 Å². The molecule has 1 aliphatic rings. The normalized spacial score (nSPS) is 14.3. The summed E-state index contributed by atoms with van der Waals surface area (Å²) in [5.74, 6) is 0.0529. The zero-order chi connectivity index (χ0) is 20.4. The summed E-state index contributed by atoms with van der Waals surface area (Å²) in [6.07, 6.45) is 2.60. The number of carbonyl (C=O) groups excluding carboxylic acids is 2. The van der Waals surface area contributed by atoms with Crippen molar-refractivity contribution < 1.29 is 9.59 Å². The van der Waals surface area contributed by atoms with Crippen molar-refractivity contribution in [2.45, 2.75) is 39.7 Å². The number of aryl methyl sites for hydroxylation is 2. The fraction of sp³-hybridized carbons (Fsp3) is 0.292.